The Balaban J connectivity index is 0.961. The molecule has 0 unspecified atom stereocenters. The number of nitrogens with one attached hydrogen (secondary N) is 2. The van der Waals surface area contributed by atoms with Gasteiger partial charge in [-0.25, -0.2) is 0 Å². The molecular formula is C35H20ClF3N8O2S5. The third-order valence-corrected chi connectivity index (χ3v) is 12.6. The Morgan fingerprint density at radius 1 is 0.815 bits per heavy atom. The number of hydrogen-bond acceptors (Lipinski definition) is 14. The number of hydrogen-bond donors (Lipinski definition) is 2. The zero-order chi connectivity index (χ0) is 37.2. The molecule has 0 saturated carbocycles. The van der Waals surface area contributed by atoms with Gasteiger partial charge in [-0.1, -0.05) is 88.1 Å². The van der Waals surface area contributed by atoms with Crippen LogP contribution in [0.1, 0.15) is 20.8 Å². The monoisotopic (exact) mass is 836 g/mol. The SMILES string of the molecule is O=C(Nc1nnc(Sc2ccnc3c(C(F)(F)F)c(COc4cccc(Nc5nnc(Sc6ccnc7cc(Cl)ccc67)s5)c4)ccc23)s1)c1cccs1. The zero-order valence-electron chi connectivity index (χ0n) is 27.0. The smallest absolute Gasteiger partial charge is 0.418 e. The summed E-state index contributed by atoms with van der Waals surface area (Å²) < 4.78 is 51.0. The van der Waals surface area contributed by atoms with Crippen LogP contribution in [0.4, 0.5) is 29.1 Å². The molecule has 0 saturated heterocycles. The van der Waals surface area contributed by atoms with Crippen molar-refractivity contribution in [2.24, 2.45) is 0 Å². The highest BCUT2D eigenvalue weighted by atomic mass is 35.5. The summed E-state index contributed by atoms with van der Waals surface area (Å²) in [4.78, 5) is 22.9. The maximum atomic E-state index is 14.6. The van der Waals surface area contributed by atoms with Gasteiger partial charge < -0.3 is 10.1 Å². The number of amides is 1. The van der Waals surface area contributed by atoms with E-state index >= 15 is 0 Å². The standard InChI is InChI=1S/C35H20ClF3N8O2S5/c36-19-7-9-22-24(15-19)40-12-10-25(22)51-33-46-44-31(53-33)42-20-3-1-4-21(16-20)49-17-18-6-8-23-26(11-13-41-29(23)28(18)35(37,38)39)52-34-47-45-32(54-34)43-30(48)27-5-2-14-50-27/h1-16H,17H2,(H,42,44)(H,43,45,48). The normalized spacial score (nSPS) is 11.6. The fraction of sp³-hybridized carbons (Fsp3) is 0.0571. The Morgan fingerprint density at radius 3 is 2.33 bits per heavy atom. The Labute approximate surface area is 329 Å². The number of rotatable bonds is 11. The molecule has 0 atom stereocenters. The fourth-order valence-corrected chi connectivity index (χ4v) is 9.71. The summed E-state index contributed by atoms with van der Waals surface area (Å²) in [7, 11) is 0. The molecule has 2 N–H and O–H groups in total. The molecule has 8 rings (SSSR count). The van der Waals surface area contributed by atoms with Crippen LogP contribution in [0, 0.1) is 0 Å². The average molecular weight is 837 g/mol. The lowest BCUT2D eigenvalue weighted by molar-refractivity contribution is -0.137. The summed E-state index contributed by atoms with van der Waals surface area (Å²) >= 11 is 12.5. The van der Waals surface area contributed by atoms with E-state index in [4.69, 9.17) is 16.3 Å². The van der Waals surface area contributed by atoms with Gasteiger partial charge in [-0.3, -0.25) is 20.1 Å². The van der Waals surface area contributed by atoms with Crippen LogP contribution < -0.4 is 15.4 Å². The van der Waals surface area contributed by atoms with E-state index in [0.29, 0.717) is 45.4 Å². The first-order valence-corrected chi connectivity index (χ1v) is 20.1. The van der Waals surface area contributed by atoms with Crippen LogP contribution >= 0.6 is 69.1 Å². The van der Waals surface area contributed by atoms with E-state index in [1.807, 2.05) is 18.2 Å². The molecule has 270 valence electrons. The van der Waals surface area contributed by atoms with Crippen molar-refractivity contribution in [1.29, 1.82) is 0 Å². The molecule has 3 aromatic carbocycles. The Morgan fingerprint density at radius 2 is 1.56 bits per heavy atom. The summed E-state index contributed by atoms with van der Waals surface area (Å²) in [5, 5.41) is 27.0. The summed E-state index contributed by atoms with van der Waals surface area (Å²) in [6, 6.07) is 22.3. The van der Waals surface area contributed by atoms with Crippen molar-refractivity contribution in [1.82, 2.24) is 30.4 Å². The Bertz CT molecular complexity index is 2640. The maximum Gasteiger partial charge on any atom is 0.418 e. The van der Waals surface area contributed by atoms with Gasteiger partial charge in [-0.2, -0.15) is 13.2 Å². The quantitative estimate of drug-likeness (QED) is 0.121. The molecule has 0 radical (unpaired) electrons. The molecular weight excluding hydrogens is 817 g/mol. The lowest BCUT2D eigenvalue weighted by Gasteiger charge is -2.17. The van der Waals surface area contributed by atoms with Crippen molar-refractivity contribution in [3.8, 4) is 5.75 Å². The van der Waals surface area contributed by atoms with Crippen molar-refractivity contribution >= 4 is 113 Å². The van der Waals surface area contributed by atoms with E-state index in [2.05, 4.69) is 41.0 Å². The van der Waals surface area contributed by atoms with Crippen LogP contribution in [0.5, 0.6) is 5.75 Å². The van der Waals surface area contributed by atoms with Crippen molar-refractivity contribution < 1.29 is 22.7 Å². The highest BCUT2D eigenvalue weighted by Gasteiger charge is 2.37. The van der Waals surface area contributed by atoms with Crippen molar-refractivity contribution in [3.05, 3.63) is 118 Å². The van der Waals surface area contributed by atoms with Gasteiger partial charge in [-0.05, 0) is 47.8 Å². The molecule has 54 heavy (non-hydrogen) atoms. The molecule has 0 spiro atoms. The van der Waals surface area contributed by atoms with Crippen molar-refractivity contribution in [2.75, 3.05) is 10.6 Å². The Hall–Kier alpha value is -4.85. The Kier molecular flexibility index (Phi) is 10.4. The van der Waals surface area contributed by atoms with Gasteiger partial charge in [0.2, 0.25) is 10.3 Å². The van der Waals surface area contributed by atoms with Crippen LogP contribution in [0.2, 0.25) is 5.02 Å². The number of carbonyl (C=O) groups is 1. The summed E-state index contributed by atoms with van der Waals surface area (Å²) in [6.45, 7) is -0.359. The molecule has 0 aliphatic carbocycles. The summed E-state index contributed by atoms with van der Waals surface area (Å²) in [6.07, 6.45) is -1.68. The lowest BCUT2D eigenvalue weighted by atomic mass is 10.0. The van der Waals surface area contributed by atoms with E-state index in [9.17, 15) is 18.0 Å². The molecule has 5 aromatic heterocycles. The number of aromatic nitrogens is 6. The molecule has 0 fully saturated rings. The van der Waals surface area contributed by atoms with Gasteiger partial charge in [0.1, 0.15) is 12.4 Å². The second-order valence-electron chi connectivity index (χ2n) is 11.1. The first kappa shape index (κ1) is 36.1. The van der Waals surface area contributed by atoms with Gasteiger partial charge in [-0.15, -0.1) is 31.7 Å². The molecule has 0 aliphatic heterocycles. The second-order valence-corrected chi connectivity index (χ2v) is 17.0. The van der Waals surface area contributed by atoms with Crippen LogP contribution in [0.3, 0.4) is 0 Å². The maximum absolute atomic E-state index is 14.6. The topological polar surface area (TPSA) is 128 Å². The van der Waals surface area contributed by atoms with Gasteiger partial charge in [0.25, 0.3) is 5.91 Å². The van der Waals surface area contributed by atoms with Gasteiger partial charge >= 0.3 is 6.18 Å². The van der Waals surface area contributed by atoms with Gasteiger partial charge in [0, 0.05) is 55.3 Å². The van der Waals surface area contributed by atoms with Crippen molar-refractivity contribution in [2.45, 2.75) is 31.3 Å². The zero-order valence-corrected chi connectivity index (χ0v) is 31.8. The minimum absolute atomic E-state index is 0.0748. The minimum atomic E-state index is -4.72. The van der Waals surface area contributed by atoms with E-state index in [1.54, 1.807) is 66.2 Å². The predicted molar refractivity (Wildman–Crippen MR) is 208 cm³/mol. The third-order valence-electron chi connectivity index (χ3n) is 7.56. The number of pyridine rings is 2. The lowest BCUT2D eigenvalue weighted by Crippen LogP contribution is -2.13. The number of anilines is 3. The van der Waals surface area contributed by atoms with Crippen LogP contribution in [-0.4, -0.2) is 36.3 Å². The van der Waals surface area contributed by atoms with Gasteiger partial charge in [0.15, 0.2) is 8.68 Å². The molecule has 10 nitrogen and oxygen atoms in total. The average Bonchev–Trinajstić information content (AvgIpc) is 3.94. The first-order valence-electron chi connectivity index (χ1n) is 15.6. The van der Waals surface area contributed by atoms with Crippen molar-refractivity contribution in [3.63, 3.8) is 0 Å². The summed E-state index contributed by atoms with van der Waals surface area (Å²) in [5.41, 5.74) is 0.216. The summed E-state index contributed by atoms with van der Waals surface area (Å²) in [5.74, 6) is 0.0349. The number of thiophene rings is 1. The fourth-order valence-electron chi connectivity index (χ4n) is 5.25. The number of ether oxygens (including phenoxy) is 1. The number of carbonyl (C=O) groups excluding carboxylic acids is 1. The molecule has 0 aliphatic rings. The van der Waals surface area contributed by atoms with E-state index < -0.39 is 11.7 Å². The highest BCUT2D eigenvalue weighted by molar-refractivity contribution is 8.01. The number of benzene rings is 3. The molecule has 5 heterocycles. The number of halogens is 4. The molecule has 8 aromatic rings. The van der Waals surface area contributed by atoms with E-state index in [-0.39, 0.29) is 28.7 Å². The minimum Gasteiger partial charge on any atom is -0.489 e. The van der Waals surface area contributed by atoms with Gasteiger partial charge in [0.05, 0.1) is 21.5 Å². The van der Waals surface area contributed by atoms with E-state index in [1.165, 1.54) is 46.7 Å². The third kappa shape index (κ3) is 8.13. The van der Waals surface area contributed by atoms with E-state index in [0.717, 1.165) is 38.9 Å². The number of alkyl halides is 3. The second kappa shape index (κ2) is 15.5. The number of fused-ring (bicyclic) bond motifs is 2. The predicted octanol–water partition coefficient (Wildman–Crippen LogP) is 11.1. The number of nitrogens with zero attached hydrogens (tertiary/aromatic N) is 6. The van der Waals surface area contributed by atoms with Crippen LogP contribution in [-0.2, 0) is 12.8 Å². The first-order chi connectivity index (χ1) is 26.2. The van der Waals surface area contributed by atoms with Crippen LogP contribution in [0.25, 0.3) is 21.8 Å². The largest absolute Gasteiger partial charge is 0.489 e. The molecule has 19 heteroatoms. The molecule has 0 bridgehead atoms. The highest BCUT2D eigenvalue weighted by Crippen LogP contribution is 2.42. The van der Waals surface area contributed by atoms with Crippen LogP contribution in [0.15, 0.2) is 115 Å². The molecule has 1 amide bonds.